The molecule has 0 radical (unpaired) electrons. The lowest BCUT2D eigenvalue weighted by Gasteiger charge is -2.11. The zero-order valence-corrected chi connectivity index (χ0v) is 14.4. The van der Waals surface area contributed by atoms with Crippen LogP contribution in [0.25, 0.3) is 5.69 Å². The van der Waals surface area contributed by atoms with Gasteiger partial charge in [-0.25, -0.2) is 4.68 Å². The molecule has 9 nitrogen and oxygen atoms in total. The van der Waals surface area contributed by atoms with Gasteiger partial charge in [0.15, 0.2) is 5.69 Å². The minimum absolute atomic E-state index is 0.0390. The summed E-state index contributed by atoms with van der Waals surface area (Å²) in [5, 5.41) is 21.0. The number of halogens is 2. The van der Waals surface area contributed by atoms with Crippen molar-refractivity contribution in [1.29, 1.82) is 0 Å². The summed E-state index contributed by atoms with van der Waals surface area (Å²) < 4.78 is 30.6. The summed E-state index contributed by atoms with van der Waals surface area (Å²) in [5.41, 5.74) is 0.483. The number of nitro benzene ring substituents is 1. The fourth-order valence-corrected chi connectivity index (χ4v) is 2.47. The third-order valence-electron chi connectivity index (χ3n) is 3.75. The minimum Gasteiger partial charge on any atom is -0.433 e. The molecule has 28 heavy (non-hydrogen) atoms. The van der Waals surface area contributed by atoms with E-state index in [0.29, 0.717) is 11.4 Å². The number of benzene rings is 2. The average molecular weight is 389 g/mol. The van der Waals surface area contributed by atoms with Crippen LogP contribution in [0.4, 0.5) is 20.2 Å². The van der Waals surface area contributed by atoms with Gasteiger partial charge in [0.05, 0.1) is 22.0 Å². The van der Waals surface area contributed by atoms with Crippen molar-refractivity contribution in [2.75, 3.05) is 5.32 Å². The molecule has 3 rings (SSSR count). The molecule has 11 heteroatoms. The number of nitrogens with one attached hydrogen (secondary N) is 1. The first-order valence-corrected chi connectivity index (χ1v) is 7.89. The van der Waals surface area contributed by atoms with Crippen molar-refractivity contribution in [3.8, 4) is 11.4 Å². The average Bonchev–Trinajstić information content (AvgIpc) is 3.04. The Morgan fingerprint density at radius 1 is 1.25 bits per heavy atom. The first-order valence-electron chi connectivity index (χ1n) is 7.89. The maximum absolute atomic E-state index is 12.5. The van der Waals surface area contributed by atoms with Gasteiger partial charge >= 0.3 is 6.61 Å². The summed E-state index contributed by atoms with van der Waals surface area (Å²) in [7, 11) is 0. The molecule has 0 aliphatic carbocycles. The van der Waals surface area contributed by atoms with E-state index in [1.54, 1.807) is 19.1 Å². The Morgan fingerprint density at radius 3 is 2.71 bits per heavy atom. The number of aromatic nitrogens is 3. The second-order valence-electron chi connectivity index (χ2n) is 5.54. The topological polar surface area (TPSA) is 112 Å². The number of rotatable bonds is 6. The quantitative estimate of drug-likeness (QED) is 0.511. The zero-order valence-electron chi connectivity index (χ0n) is 14.4. The third kappa shape index (κ3) is 3.92. The lowest BCUT2D eigenvalue weighted by molar-refractivity contribution is -0.384. The van der Waals surface area contributed by atoms with E-state index in [1.807, 2.05) is 0 Å². The molecule has 0 aliphatic rings. The Bertz CT molecular complexity index is 1040. The summed E-state index contributed by atoms with van der Waals surface area (Å²) in [6, 6.07) is 11.4. The van der Waals surface area contributed by atoms with Crippen LogP contribution in [0.5, 0.6) is 5.75 Å². The predicted octanol–water partition coefficient (Wildman–Crippen LogP) is 3.34. The van der Waals surface area contributed by atoms with Crippen LogP contribution in [0.3, 0.4) is 0 Å². The van der Waals surface area contributed by atoms with Gasteiger partial charge < -0.3 is 10.1 Å². The highest BCUT2D eigenvalue weighted by molar-refractivity contribution is 6.04. The molecule has 2 aromatic carbocycles. The Hall–Kier alpha value is -3.89. The summed E-state index contributed by atoms with van der Waals surface area (Å²) in [6.07, 6.45) is 0. The molecule has 0 aliphatic heterocycles. The number of amides is 1. The van der Waals surface area contributed by atoms with Gasteiger partial charge in [-0.05, 0) is 25.1 Å². The number of nitrogens with zero attached hydrogens (tertiary/aromatic N) is 4. The number of hydrogen-bond donors (Lipinski definition) is 1. The molecule has 0 unspecified atom stereocenters. The number of hydrogen-bond acceptors (Lipinski definition) is 6. The largest absolute Gasteiger partial charge is 0.433 e. The number of para-hydroxylation sites is 2. The highest BCUT2D eigenvalue weighted by Gasteiger charge is 2.20. The van der Waals surface area contributed by atoms with Gasteiger partial charge in [-0.2, -0.15) is 8.78 Å². The number of carbonyl (C=O) groups excluding carboxylic acids is 1. The van der Waals surface area contributed by atoms with E-state index >= 15 is 0 Å². The smallest absolute Gasteiger partial charge is 0.387 e. The molecule has 1 heterocycles. The molecule has 0 fully saturated rings. The highest BCUT2D eigenvalue weighted by atomic mass is 19.3. The van der Waals surface area contributed by atoms with E-state index in [4.69, 9.17) is 0 Å². The molecule has 144 valence electrons. The molecule has 0 spiro atoms. The maximum Gasteiger partial charge on any atom is 0.387 e. The van der Waals surface area contributed by atoms with Crippen LogP contribution in [0.15, 0.2) is 48.5 Å². The molecule has 0 saturated carbocycles. The molecular formula is C17H13F2N5O4. The van der Waals surface area contributed by atoms with Gasteiger partial charge in [-0.15, -0.1) is 5.10 Å². The van der Waals surface area contributed by atoms with E-state index in [9.17, 15) is 23.7 Å². The van der Waals surface area contributed by atoms with Gasteiger partial charge in [0.25, 0.3) is 11.6 Å². The Labute approximate surface area is 156 Å². The van der Waals surface area contributed by atoms with Crippen LogP contribution >= 0.6 is 0 Å². The first-order chi connectivity index (χ1) is 13.4. The van der Waals surface area contributed by atoms with Gasteiger partial charge in [-0.1, -0.05) is 23.4 Å². The van der Waals surface area contributed by atoms with Gasteiger partial charge in [0.1, 0.15) is 5.75 Å². The Balaban J connectivity index is 1.87. The number of ether oxygens (including phenoxy) is 1. The second kappa shape index (κ2) is 7.78. The van der Waals surface area contributed by atoms with Crippen LogP contribution < -0.4 is 10.1 Å². The zero-order chi connectivity index (χ0) is 20.3. The van der Waals surface area contributed by atoms with Crippen molar-refractivity contribution in [1.82, 2.24) is 15.0 Å². The fourth-order valence-electron chi connectivity index (χ4n) is 2.47. The molecule has 0 saturated heterocycles. The number of anilines is 1. The summed E-state index contributed by atoms with van der Waals surface area (Å²) in [4.78, 5) is 22.9. The number of carbonyl (C=O) groups is 1. The summed E-state index contributed by atoms with van der Waals surface area (Å²) in [6.45, 7) is -1.50. The molecular weight excluding hydrogens is 376 g/mol. The molecule has 0 bridgehead atoms. The van der Waals surface area contributed by atoms with E-state index in [0.717, 1.165) is 0 Å². The Kier molecular flexibility index (Phi) is 5.25. The SMILES string of the molecule is Cc1c(C(=O)Nc2ccccc2OC(F)F)nnn1-c1cccc([N+](=O)[O-])c1. The summed E-state index contributed by atoms with van der Waals surface area (Å²) in [5.74, 6) is -0.894. The number of non-ortho nitro benzene ring substituents is 1. The Morgan fingerprint density at radius 2 is 2.00 bits per heavy atom. The normalized spacial score (nSPS) is 10.7. The molecule has 1 amide bonds. The van der Waals surface area contributed by atoms with Crippen LogP contribution in [-0.4, -0.2) is 32.4 Å². The fraction of sp³-hybridized carbons (Fsp3) is 0.118. The number of alkyl halides is 2. The van der Waals surface area contributed by atoms with Crippen LogP contribution in [0.2, 0.25) is 0 Å². The monoisotopic (exact) mass is 389 g/mol. The van der Waals surface area contributed by atoms with Crippen molar-refractivity contribution in [2.45, 2.75) is 13.5 Å². The van der Waals surface area contributed by atoms with E-state index in [1.165, 1.54) is 41.1 Å². The van der Waals surface area contributed by atoms with E-state index in [2.05, 4.69) is 20.4 Å². The first kappa shape index (κ1) is 18.9. The van der Waals surface area contributed by atoms with E-state index in [-0.39, 0.29) is 22.8 Å². The number of nitro groups is 1. The van der Waals surface area contributed by atoms with E-state index < -0.39 is 17.4 Å². The van der Waals surface area contributed by atoms with Crippen molar-refractivity contribution >= 4 is 17.3 Å². The lowest BCUT2D eigenvalue weighted by Crippen LogP contribution is -2.15. The van der Waals surface area contributed by atoms with Crippen molar-refractivity contribution < 1.29 is 23.2 Å². The maximum atomic E-state index is 12.5. The van der Waals surface area contributed by atoms with Gasteiger partial charge in [0.2, 0.25) is 0 Å². The van der Waals surface area contributed by atoms with Crippen LogP contribution in [0.1, 0.15) is 16.2 Å². The molecule has 1 N–H and O–H groups in total. The summed E-state index contributed by atoms with van der Waals surface area (Å²) >= 11 is 0. The minimum atomic E-state index is -3.05. The van der Waals surface area contributed by atoms with Crippen LogP contribution in [-0.2, 0) is 0 Å². The van der Waals surface area contributed by atoms with Crippen molar-refractivity contribution in [3.05, 3.63) is 70.0 Å². The molecule has 0 atom stereocenters. The van der Waals surface area contributed by atoms with Crippen molar-refractivity contribution in [3.63, 3.8) is 0 Å². The van der Waals surface area contributed by atoms with Gasteiger partial charge in [-0.3, -0.25) is 14.9 Å². The standard InChI is InChI=1S/C17H13F2N5O4/c1-10-15(16(25)20-13-7-2-3-8-14(13)28-17(18)19)21-22-23(10)11-5-4-6-12(9-11)24(26)27/h2-9,17H,1H3,(H,20,25). The van der Waals surface area contributed by atoms with Crippen molar-refractivity contribution in [2.24, 2.45) is 0 Å². The molecule has 1 aromatic heterocycles. The van der Waals surface area contributed by atoms with Gasteiger partial charge in [0, 0.05) is 12.1 Å². The highest BCUT2D eigenvalue weighted by Crippen LogP contribution is 2.26. The predicted molar refractivity (Wildman–Crippen MR) is 93.8 cm³/mol. The van der Waals surface area contributed by atoms with Crippen LogP contribution in [0, 0.1) is 17.0 Å². The molecule has 3 aromatic rings. The third-order valence-corrected chi connectivity index (χ3v) is 3.75. The second-order valence-corrected chi connectivity index (χ2v) is 5.54. The lowest BCUT2D eigenvalue weighted by atomic mass is 10.2.